The van der Waals surface area contributed by atoms with Crippen molar-refractivity contribution in [3.05, 3.63) is 82.9 Å². The molecule has 11 nitrogen and oxygen atoms in total. The Kier molecular flexibility index (Phi) is 13.8. The van der Waals surface area contributed by atoms with Crippen molar-refractivity contribution in [2.75, 3.05) is 43.4 Å². The lowest BCUT2D eigenvalue weighted by Gasteiger charge is -2.35. The molecule has 16 heteroatoms. The fourth-order valence-electron chi connectivity index (χ4n) is 5.59. The first-order chi connectivity index (χ1) is 24.5. The highest BCUT2D eigenvalue weighted by atomic mass is 35.5. The molecular weight excluding hydrogens is 725 g/mol. The largest absolute Gasteiger partial charge is 0.490 e. The van der Waals surface area contributed by atoms with E-state index < -0.39 is 51.8 Å². The van der Waals surface area contributed by atoms with E-state index in [4.69, 9.17) is 21.1 Å². The average Bonchev–Trinajstić information content (AvgIpc) is 3.09. The standard InChI is InChI=1S/C36H44ClF3N4O7S/c1-23-20-44(24(2)22-45)34(46)31-19-29(42-52(48,49)30-15-10-27(37)11-16-30)14-17-32(31)51-25(3)7-5-6-18-50-33(23)21-43(4)35(47)41-28-12-8-26(9-13-28)36(38,39)40/h8-17,19,23-25,33,42,45H,5-7,18,20-22H2,1-4H3,(H,41,47)/t23-,24-,25-,33-/m0/s1. The molecular formula is C36H44ClF3N4O7S. The highest BCUT2D eigenvalue weighted by molar-refractivity contribution is 7.92. The fourth-order valence-corrected chi connectivity index (χ4v) is 6.77. The number of benzene rings is 3. The molecule has 0 spiro atoms. The highest BCUT2D eigenvalue weighted by Gasteiger charge is 2.32. The normalized spacial score (nSPS) is 19.8. The van der Waals surface area contributed by atoms with E-state index in [1.54, 1.807) is 6.92 Å². The zero-order chi connectivity index (χ0) is 38.2. The van der Waals surface area contributed by atoms with Gasteiger partial charge in [-0.1, -0.05) is 18.5 Å². The number of anilines is 2. The molecule has 284 valence electrons. The van der Waals surface area contributed by atoms with Crippen LogP contribution in [0.15, 0.2) is 71.6 Å². The predicted molar refractivity (Wildman–Crippen MR) is 192 cm³/mol. The Labute approximate surface area is 307 Å². The van der Waals surface area contributed by atoms with E-state index in [0.717, 1.165) is 18.6 Å². The summed E-state index contributed by atoms with van der Waals surface area (Å²) in [7, 11) is -2.51. The maximum Gasteiger partial charge on any atom is 0.416 e. The number of likely N-dealkylation sites (N-methyl/N-ethyl adjacent to an activating group) is 1. The number of sulfonamides is 1. The first kappa shape index (κ1) is 40.7. The molecule has 0 radical (unpaired) electrons. The smallest absolute Gasteiger partial charge is 0.416 e. The van der Waals surface area contributed by atoms with Crippen molar-refractivity contribution in [1.29, 1.82) is 0 Å². The maximum absolute atomic E-state index is 14.4. The molecule has 52 heavy (non-hydrogen) atoms. The number of urea groups is 1. The molecule has 1 aliphatic heterocycles. The third kappa shape index (κ3) is 11.0. The Morgan fingerprint density at radius 3 is 2.35 bits per heavy atom. The number of aliphatic hydroxyl groups is 1. The molecule has 3 amide bonds. The number of rotatable bonds is 8. The molecule has 4 atom stereocenters. The zero-order valence-electron chi connectivity index (χ0n) is 29.3. The Balaban J connectivity index is 1.59. The number of fused-ring (bicyclic) bond motifs is 1. The summed E-state index contributed by atoms with van der Waals surface area (Å²) >= 11 is 5.93. The van der Waals surface area contributed by atoms with Crippen LogP contribution in [-0.4, -0.2) is 86.9 Å². The Morgan fingerprint density at radius 2 is 1.71 bits per heavy atom. The first-order valence-corrected chi connectivity index (χ1v) is 18.7. The van der Waals surface area contributed by atoms with Gasteiger partial charge in [0.1, 0.15) is 5.75 Å². The highest BCUT2D eigenvalue weighted by Crippen LogP contribution is 2.31. The van der Waals surface area contributed by atoms with Gasteiger partial charge in [0, 0.05) is 49.1 Å². The van der Waals surface area contributed by atoms with Gasteiger partial charge in [-0.3, -0.25) is 9.52 Å². The number of alkyl halides is 3. The van der Waals surface area contributed by atoms with Gasteiger partial charge in [-0.25, -0.2) is 13.2 Å². The minimum atomic E-state index is -4.51. The summed E-state index contributed by atoms with van der Waals surface area (Å²) in [6.07, 6.45) is -3.39. The zero-order valence-corrected chi connectivity index (χ0v) is 30.9. The van der Waals surface area contributed by atoms with Crippen LogP contribution in [0.3, 0.4) is 0 Å². The number of aliphatic hydroxyl groups excluding tert-OH is 1. The summed E-state index contributed by atoms with van der Waals surface area (Å²) in [5, 5.41) is 13.2. The number of halogens is 4. The third-order valence-electron chi connectivity index (χ3n) is 8.69. The van der Waals surface area contributed by atoms with E-state index in [9.17, 15) is 36.3 Å². The number of nitrogens with zero attached hydrogens (tertiary/aromatic N) is 2. The van der Waals surface area contributed by atoms with Gasteiger partial charge in [0.25, 0.3) is 15.9 Å². The van der Waals surface area contributed by atoms with Crippen molar-refractivity contribution < 1.29 is 45.8 Å². The Morgan fingerprint density at radius 1 is 1.06 bits per heavy atom. The lowest BCUT2D eigenvalue weighted by atomic mass is 10.0. The van der Waals surface area contributed by atoms with E-state index in [2.05, 4.69) is 10.0 Å². The van der Waals surface area contributed by atoms with E-state index in [1.807, 2.05) is 13.8 Å². The van der Waals surface area contributed by atoms with Crippen molar-refractivity contribution >= 4 is 44.9 Å². The second-order valence-corrected chi connectivity index (χ2v) is 15.1. The van der Waals surface area contributed by atoms with Crippen LogP contribution in [0, 0.1) is 5.92 Å². The van der Waals surface area contributed by atoms with Gasteiger partial charge in [-0.15, -0.1) is 0 Å². The van der Waals surface area contributed by atoms with Gasteiger partial charge in [0.15, 0.2) is 0 Å². The minimum absolute atomic E-state index is 0.0263. The van der Waals surface area contributed by atoms with Crippen LogP contribution in [0.5, 0.6) is 5.75 Å². The van der Waals surface area contributed by atoms with E-state index in [0.29, 0.717) is 24.5 Å². The van der Waals surface area contributed by atoms with Crippen molar-refractivity contribution in [3.63, 3.8) is 0 Å². The van der Waals surface area contributed by atoms with Crippen LogP contribution >= 0.6 is 11.6 Å². The van der Waals surface area contributed by atoms with Crippen LogP contribution < -0.4 is 14.8 Å². The third-order valence-corrected chi connectivity index (χ3v) is 10.3. The van der Waals surface area contributed by atoms with E-state index in [-0.39, 0.29) is 53.4 Å². The molecule has 1 aliphatic rings. The molecule has 0 aromatic heterocycles. The first-order valence-electron chi connectivity index (χ1n) is 16.8. The lowest BCUT2D eigenvalue weighted by molar-refractivity contribution is -0.137. The SMILES string of the molecule is C[C@H]1CCCCO[C@@H](CN(C)C(=O)Nc2ccc(C(F)(F)F)cc2)[C@@H](C)CN([C@@H](C)CO)C(=O)c2cc(NS(=O)(=O)c3ccc(Cl)cc3)ccc2O1. The Hall–Kier alpha value is -4.05. The topological polar surface area (TPSA) is 138 Å². The van der Waals surface area contributed by atoms with Crippen molar-refractivity contribution in [2.45, 2.75) is 69.4 Å². The predicted octanol–water partition coefficient (Wildman–Crippen LogP) is 7.12. The van der Waals surface area contributed by atoms with Crippen LogP contribution in [0.25, 0.3) is 0 Å². The van der Waals surface area contributed by atoms with E-state index in [1.165, 1.54) is 71.4 Å². The molecule has 3 aromatic carbocycles. The quantitative estimate of drug-likeness (QED) is 0.222. The minimum Gasteiger partial charge on any atom is -0.490 e. The molecule has 3 aromatic rings. The molecule has 4 rings (SSSR count). The van der Waals surface area contributed by atoms with Gasteiger partial charge in [-0.2, -0.15) is 13.2 Å². The van der Waals surface area contributed by atoms with E-state index >= 15 is 0 Å². The Bertz CT molecular complexity index is 1780. The van der Waals surface area contributed by atoms with Crippen LogP contribution in [0.1, 0.15) is 56.0 Å². The van der Waals surface area contributed by atoms with Crippen LogP contribution in [-0.2, 0) is 20.9 Å². The summed E-state index contributed by atoms with van der Waals surface area (Å²) in [6, 6.07) is 12.9. The molecule has 0 bridgehead atoms. The second-order valence-electron chi connectivity index (χ2n) is 13.0. The van der Waals surface area contributed by atoms with Crippen molar-refractivity contribution in [2.24, 2.45) is 5.92 Å². The second kappa shape index (κ2) is 17.6. The van der Waals surface area contributed by atoms with Crippen LogP contribution in [0.2, 0.25) is 5.02 Å². The maximum atomic E-state index is 14.4. The molecule has 3 N–H and O–H groups in total. The number of nitrogens with one attached hydrogen (secondary N) is 2. The number of carbonyl (C=O) groups is 2. The van der Waals surface area contributed by atoms with Crippen molar-refractivity contribution in [3.8, 4) is 5.75 Å². The monoisotopic (exact) mass is 768 g/mol. The molecule has 0 fully saturated rings. The number of amides is 3. The molecule has 0 aliphatic carbocycles. The summed E-state index contributed by atoms with van der Waals surface area (Å²) in [6.45, 7) is 5.51. The molecule has 0 saturated heterocycles. The lowest BCUT2D eigenvalue weighted by Crippen LogP contribution is -2.48. The summed E-state index contributed by atoms with van der Waals surface area (Å²) in [5.74, 6) is -0.663. The van der Waals surface area contributed by atoms with Crippen molar-refractivity contribution in [1.82, 2.24) is 9.80 Å². The molecule has 1 heterocycles. The number of hydrogen-bond donors (Lipinski definition) is 3. The van der Waals surface area contributed by atoms with Gasteiger partial charge >= 0.3 is 12.2 Å². The molecule has 0 unspecified atom stereocenters. The summed E-state index contributed by atoms with van der Waals surface area (Å²) in [4.78, 5) is 30.2. The number of ether oxygens (including phenoxy) is 2. The number of carbonyl (C=O) groups excluding carboxylic acids is 2. The fraction of sp³-hybridized carbons (Fsp3) is 0.444. The van der Waals surface area contributed by atoms with Crippen LogP contribution in [0.4, 0.5) is 29.3 Å². The van der Waals surface area contributed by atoms with Gasteiger partial charge in [0.2, 0.25) is 0 Å². The molecule has 0 saturated carbocycles. The van der Waals surface area contributed by atoms with Gasteiger partial charge < -0.3 is 29.7 Å². The van der Waals surface area contributed by atoms with Gasteiger partial charge in [0.05, 0.1) is 40.9 Å². The van der Waals surface area contributed by atoms with Gasteiger partial charge in [-0.05, 0) is 99.8 Å². The number of hydrogen-bond acceptors (Lipinski definition) is 7. The summed E-state index contributed by atoms with van der Waals surface area (Å²) in [5.41, 5.74) is -0.455. The average molecular weight is 769 g/mol. The summed E-state index contributed by atoms with van der Waals surface area (Å²) < 4.78 is 80.3.